The van der Waals surface area contributed by atoms with E-state index in [9.17, 15) is 4.79 Å². The Morgan fingerprint density at radius 2 is 2.43 bits per heavy atom. The molecule has 0 bridgehead atoms. The molecule has 0 aromatic carbocycles. The van der Waals surface area contributed by atoms with Crippen LogP contribution in [0.1, 0.15) is 24.1 Å². The third-order valence-corrected chi connectivity index (χ3v) is 4.41. The molecule has 1 aliphatic heterocycles. The van der Waals surface area contributed by atoms with Gasteiger partial charge in [-0.15, -0.1) is 11.3 Å². The Bertz CT molecular complexity index is 831. The van der Waals surface area contributed by atoms with Gasteiger partial charge in [0.15, 0.2) is 5.82 Å². The van der Waals surface area contributed by atoms with Crippen LogP contribution in [0.4, 0.5) is 0 Å². The van der Waals surface area contributed by atoms with E-state index in [0.29, 0.717) is 23.0 Å². The van der Waals surface area contributed by atoms with Crippen molar-refractivity contribution in [2.45, 2.75) is 18.9 Å². The summed E-state index contributed by atoms with van der Waals surface area (Å²) in [6.45, 7) is 1.59. The average molecular weight is 304 g/mol. The van der Waals surface area contributed by atoms with Gasteiger partial charge in [-0.25, -0.2) is 4.98 Å². The second-order valence-corrected chi connectivity index (χ2v) is 5.84. The lowest BCUT2D eigenvalue weighted by Gasteiger charge is -2.01. The molecule has 8 heteroatoms. The SMILES string of the molecule is O=c1c2sccc2ncn1Cc1nc([C@H]2CCOC2)no1. The second kappa shape index (κ2) is 5.05. The molecule has 0 unspecified atom stereocenters. The van der Waals surface area contributed by atoms with Gasteiger partial charge in [-0.2, -0.15) is 4.98 Å². The Labute approximate surface area is 123 Å². The van der Waals surface area contributed by atoms with E-state index in [-0.39, 0.29) is 18.0 Å². The highest BCUT2D eigenvalue weighted by Gasteiger charge is 2.23. The van der Waals surface area contributed by atoms with Crippen molar-refractivity contribution in [3.05, 3.63) is 39.8 Å². The maximum absolute atomic E-state index is 12.3. The lowest BCUT2D eigenvalue weighted by Crippen LogP contribution is -2.20. The molecule has 7 nitrogen and oxygen atoms in total. The van der Waals surface area contributed by atoms with Crippen LogP contribution in [0.25, 0.3) is 10.2 Å². The van der Waals surface area contributed by atoms with Crippen molar-refractivity contribution in [1.29, 1.82) is 0 Å². The average Bonchev–Trinajstić information content (AvgIpc) is 3.21. The van der Waals surface area contributed by atoms with Gasteiger partial charge in [-0.3, -0.25) is 9.36 Å². The van der Waals surface area contributed by atoms with Crippen LogP contribution in [0.15, 0.2) is 27.1 Å². The fourth-order valence-electron chi connectivity index (χ4n) is 2.37. The van der Waals surface area contributed by atoms with Crippen molar-refractivity contribution >= 4 is 21.6 Å². The van der Waals surface area contributed by atoms with Crippen molar-refractivity contribution in [3.8, 4) is 0 Å². The number of hydrogen-bond acceptors (Lipinski definition) is 7. The molecule has 0 aliphatic carbocycles. The van der Waals surface area contributed by atoms with Gasteiger partial charge in [0, 0.05) is 12.5 Å². The molecule has 1 aliphatic rings. The lowest BCUT2D eigenvalue weighted by molar-refractivity contribution is 0.192. The Morgan fingerprint density at radius 3 is 3.29 bits per heavy atom. The summed E-state index contributed by atoms with van der Waals surface area (Å²) in [5, 5.41) is 5.83. The van der Waals surface area contributed by atoms with Crippen LogP contribution in [0.2, 0.25) is 0 Å². The molecule has 3 aromatic rings. The van der Waals surface area contributed by atoms with Crippen molar-refractivity contribution < 1.29 is 9.26 Å². The van der Waals surface area contributed by atoms with Crippen LogP contribution in [0, 0.1) is 0 Å². The fraction of sp³-hybridized carbons (Fsp3) is 0.385. The molecule has 1 fully saturated rings. The number of rotatable bonds is 3. The standard InChI is InChI=1S/C13H12N4O3S/c18-13-11-9(2-4-21-11)14-7-17(13)5-10-15-12(16-20-10)8-1-3-19-6-8/h2,4,7-8H,1,3,5-6H2/t8-/m0/s1. The summed E-state index contributed by atoms with van der Waals surface area (Å²) >= 11 is 1.39. The van der Waals surface area contributed by atoms with Crippen LogP contribution in [-0.4, -0.2) is 32.9 Å². The summed E-state index contributed by atoms with van der Waals surface area (Å²) in [6.07, 6.45) is 2.42. The van der Waals surface area contributed by atoms with E-state index in [1.807, 2.05) is 11.4 Å². The molecule has 1 saturated heterocycles. The zero-order chi connectivity index (χ0) is 14.2. The smallest absolute Gasteiger partial charge is 0.271 e. The topological polar surface area (TPSA) is 83.0 Å². The summed E-state index contributed by atoms with van der Waals surface area (Å²) in [6, 6.07) is 1.83. The van der Waals surface area contributed by atoms with Crippen LogP contribution in [-0.2, 0) is 11.3 Å². The first kappa shape index (κ1) is 12.7. The molecule has 1 atom stereocenters. The maximum atomic E-state index is 12.3. The minimum absolute atomic E-state index is 0.0843. The van der Waals surface area contributed by atoms with Gasteiger partial charge in [0.2, 0.25) is 5.89 Å². The molecule has 108 valence electrons. The molecular weight excluding hydrogens is 292 g/mol. The minimum atomic E-state index is -0.0843. The number of hydrogen-bond donors (Lipinski definition) is 0. The monoisotopic (exact) mass is 304 g/mol. The quantitative estimate of drug-likeness (QED) is 0.727. The predicted octanol–water partition coefficient (Wildman–Crippen LogP) is 1.39. The Hall–Kier alpha value is -2.06. The van der Waals surface area contributed by atoms with Gasteiger partial charge in [0.25, 0.3) is 5.56 Å². The van der Waals surface area contributed by atoms with Crippen molar-refractivity contribution in [3.63, 3.8) is 0 Å². The van der Waals surface area contributed by atoms with Crippen LogP contribution in [0.5, 0.6) is 0 Å². The molecule has 0 radical (unpaired) electrons. The van der Waals surface area contributed by atoms with Crippen LogP contribution >= 0.6 is 11.3 Å². The molecule has 0 N–H and O–H groups in total. The van der Waals surface area contributed by atoms with Gasteiger partial charge in [-0.1, -0.05) is 5.16 Å². The molecule has 3 aromatic heterocycles. The summed E-state index contributed by atoms with van der Waals surface area (Å²) in [4.78, 5) is 20.9. The molecule has 4 heterocycles. The van der Waals surface area contributed by atoms with E-state index in [1.54, 1.807) is 0 Å². The summed E-state index contributed by atoms with van der Waals surface area (Å²) < 4.78 is 12.7. The molecule has 4 rings (SSSR count). The lowest BCUT2D eigenvalue weighted by atomic mass is 10.1. The third kappa shape index (κ3) is 2.26. The van der Waals surface area contributed by atoms with Gasteiger partial charge >= 0.3 is 0 Å². The van der Waals surface area contributed by atoms with E-state index < -0.39 is 0 Å². The van der Waals surface area contributed by atoms with Gasteiger partial charge < -0.3 is 9.26 Å². The predicted molar refractivity (Wildman–Crippen MR) is 75.5 cm³/mol. The van der Waals surface area contributed by atoms with E-state index >= 15 is 0 Å². The number of aromatic nitrogens is 4. The number of ether oxygens (including phenoxy) is 1. The molecule has 0 spiro atoms. The Morgan fingerprint density at radius 1 is 1.48 bits per heavy atom. The van der Waals surface area contributed by atoms with E-state index in [0.717, 1.165) is 18.5 Å². The van der Waals surface area contributed by atoms with Crippen LogP contribution < -0.4 is 5.56 Å². The van der Waals surface area contributed by atoms with Crippen molar-refractivity contribution in [2.75, 3.05) is 13.2 Å². The highest BCUT2D eigenvalue weighted by molar-refractivity contribution is 7.17. The first-order chi connectivity index (χ1) is 10.3. The summed E-state index contributed by atoms with van der Waals surface area (Å²) in [5.41, 5.74) is 0.634. The molecule has 21 heavy (non-hydrogen) atoms. The summed E-state index contributed by atoms with van der Waals surface area (Å²) in [7, 11) is 0. The first-order valence-corrected chi connectivity index (χ1v) is 7.52. The number of thiophene rings is 1. The normalized spacial score (nSPS) is 18.6. The fourth-order valence-corrected chi connectivity index (χ4v) is 3.17. The number of fused-ring (bicyclic) bond motifs is 1. The zero-order valence-corrected chi connectivity index (χ0v) is 11.9. The van der Waals surface area contributed by atoms with Gasteiger partial charge in [0.1, 0.15) is 11.2 Å². The summed E-state index contributed by atoms with van der Waals surface area (Å²) in [5.74, 6) is 1.26. The van der Waals surface area contributed by atoms with Crippen molar-refractivity contribution in [2.24, 2.45) is 0 Å². The minimum Gasteiger partial charge on any atom is -0.381 e. The van der Waals surface area contributed by atoms with Crippen molar-refractivity contribution in [1.82, 2.24) is 19.7 Å². The Balaban J connectivity index is 1.62. The second-order valence-electron chi connectivity index (χ2n) is 4.92. The van der Waals surface area contributed by atoms with Crippen LogP contribution in [0.3, 0.4) is 0 Å². The van der Waals surface area contributed by atoms with Gasteiger partial charge in [0.05, 0.1) is 18.5 Å². The van der Waals surface area contributed by atoms with E-state index in [4.69, 9.17) is 9.26 Å². The number of nitrogens with zero attached hydrogens (tertiary/aromatic N) is 4. The highest BCUT2D eigenvalue weighted by Crippen LogP contribution is 2.22. The molecule has 0 amide bonds. The Kier molecular flexibility index (Phi) is 3.04. The highest BCUT2D eigenvalue weighted by atomic mass is 32.1. The molecular formula is C13H12N4O3S. The van der Waals surface area contributed by atoms with E-state index in [2.05, 4.69) is 15.1 Å². The van der Waals surface area contributed by atoms with Gasteiger partial charge in [-0.05, 0) is 17.9 Å². The molecule has 0 saturated carbocycles. The zero-order valence-electron chi connectivity index (χ0n) is 11.1. The van der Waals surface area contributed by atoms with E-state index in [1.165, 1.54) is 22.2 Å². The maximum Gasteiger partial charge on any atom is 0.271 e. The largest absolute Gasteiger partial charge is 0.381 e. The first-order valence-electron chi connectivity index (χ1n) is 6.64. The third-order valence-electron chi connectivity index (χ3n) is 3.52.